The third-order valence-electron chi connectivity index (χ3n) is 3.22. The summed E-state index contributed by atoms with van der Waals surface area (Å²) in [7, 11) is 0. The molecule has 0 amide bonds. The molecule has 0 aliphatic carbocycles. The van der Waals surface area contributed by atoms with Gasteiger partial charge in [-0.1, -0.05) is 38.1 Å². The largest absolute Gasteiger partial charge is 0.508 e. The van der Waals surface area contributed by atoms with E-state index in [1.165, 1.54) is 5.56 Å². The van der Waals surface area contributed by atoms with Crippen LogP contribution in [-0.4, -0.2) is 10.2 Å². The molecule has 0 aromatic heterocycles. The van der Waals surface area contributed by atoms with E-state index < -0.39 is 0 Å². The van der Waals surface area contributed by atoms with Gasteiger partial charge in [-0.15, -0.1) is 0 Å². The van der Waals surface area contributed by atoms with Crippen molar-refractivity contribution in [1.82, 2.24) is 0 Å². The van der Waals surface area contributed by atoms with Gasteiger partial charge in [-0.05, 0) is 41.7 Å². The summed E-state index contributed by atoms with van der Waals surface area (Å²) in [6.07, 6.45) is 1.59. The maximum Gasteiger partial charge on any atom is 0.123 e. The van der Waals surface area contributed by atoms with E-state index in [0.29, 0.717) is 12.0 Å². The zero-order chi connectivity index (χ0) is 13.1. The molecule has 2 heteroatoms. The number of benzene rings is 2. The van der Waals surface area contributed by atoms with E-state index in [0.717, 1.165) is 17.5 Å². The Morgan fingerprint density at radius 1 is 0.833 bits per heavy atom. The van der Waals surface area contributed by atoms with Gasteiger partial charge in [-0.2, -0.15) is 0 Å². The summed E-state index contributed by atoms with van der Waals surface area (Å²) >= 11 is 0. The van der Waals surface area contributed by atoms with E-state index in [4.69, 9.17) is 0 Å². The van der Waals surface area contributed by atoms with Crippen molar-refractivity contribution < 1.29 is 10.2 Å². The average Bonchev–Trinajstić information content (AvgIpc) is 2.38. The minimum Gasteiger partial charge on any atom is -0.508 e. The van der Waals surface area contributed by atoms with Crippen LogP contribution in [-0.2, 0) is 12.8 Å². The molecule has 2 N–H and O–H groups in total. The van der Waals surface area contributed by atoms with Crippen LogP contribution in [0.3, 0.4) is 0 Å². The van der Waals surface area contributed by atoms with E-state index in [-0.39, 0.29) is 11.5 Å². The Labute approximate surface area is 108 Å². The van der Waals surface area contributed by atoms with Crippen LogP contribution in [0.1, 0.15) is 25.0 Å². The molecule has 0 atom stereocenters. The van der Waals surface area contributed by atoms with Crippen LogP contribution in [0.4, 0.5) is 0 Å². The smallest absolute Gasteiger partial charge is 0.123 e. The van der Waals surface area contributed by atoms with Gasteiger partial charge in [0.15, 0.2) is 0 Å². The number of aryl methyl sites for hydroxylation is 1. The summed E-state index contributed by atoms with van der Waals surface area (Å²) < 4.78 is 0. The van der Waals surface area contributed by atoms with Gasteiger partial charge in [0.25, 0.3) is 0 Å². The SMILES string of the molecule is CCc1cccc(-c2cc(O)c(CC)c(O)c2)c1. The summed E-state index contributed by atoms with van der Waals surface area (Å²) in [6.45, 7) is 4.01. The van der Waals surface area contributed by atoms with Crippen molar-refractivity contribution in [3.63, 3.8) is 0 Å². The molecule has 0 radical (unpaired) electrons. The van der Waals surface area contributed by atoms with Gasteiger partial charge < -0.3 is 10.2 Å². The molecule has 2 rings (SSSR count). The third kappa shape index (κ3) is 2.33. The van der Waals surface area contributed by atoms with Gasteiger partial charge in [0.1, 0.15) is 11.5 Å². The molecule has 18 heavy (non-hydrogen) atoms. The number of phenols is 2. The van der Waals surface area contributed by atoms with Gasteiger partial charge in [0.05, 0.1) is 0 Å². The van der Waals surface area contributed by atoms with E-state index in [2.05, 4.69) is 19.1 Å². The van der Waals surface area contributed by atoms with Crippen molar-refractivity contribution in [2.45, 2.75) is 26.7 Å². The lowest BCUT2D eigenvalue weighted by molar-refractivity contribution is 0.440. The molecule has 0 heterocycles. The van der Waals surface area contributed by atoms with Crippen molar-refractivity contribution in [2.24, 2.45) is 0 Å². The molecule has 0 aliphatic rings. The maximum atomic E-state index is 9.90. The number of hydrogen-bond acceptors (Lipinski definition) is 2. The molecule has 2 aromatic carbocycles. The Morgan fingerprint density at radius 2 is 1.50 bits per heavy atom. The quantitative estimate of drug-likeness (QED) is 0.857. The zero-order valence-electron chi connectivity index (χ0n) is 10.8. The lowest BCUT2D eigenvalue weighted by Gasteiger charge is -2.09. The molecular formula is C16H18O2. The fraction of sp³-hybridized carbons (Fsp3) is 0.250. The molecule has 0 aliphatic heterocycles. The fourth-order valence-electron chi connectivity index (χ4n) is 2.14. The summed E-state index contributed by atoms with van der Waals surface area (Å²) in [6, 6.07) is 11.6. The van der Waals surface area contributed by atoms with Crippen LogP contribution in [0.15, 0.2) is 36.4 Å². The highest BCUT2D eigenvalue weighted by atomic mass is 16.3. The van der Waals surface area contributed by atoms with Crippen molar-refractivity contribution in [3.8, 4) is 22.6 Å². The highest BCUT2D eigenvalue weighted by molar-refractivity contribution is 5.69. The third-order valence-corrected chi connectivity index (χ3v) is 3.22. The van der Waals surface area contributed by atoms with E-state index >= 15 is 0 Å². The average molecular weight is 242 g/mol. The topological polar surface area (TPSA) is 40.5 Å². The van der Waals surface area contributed by atoms with Crippen LogP contribution >= 0.6 is 0 Å². The van der Waals surface area contributed by atoms with Crippen molar-refractivity contribution in [2.75, 3.05) is 0 Å². The first-order chi connectivity index (χ1) is 8.65. The van der Waals surface area contributed by atoms with Crippen LogP contribution in [0, 0.1) is 0 Å². The van der Waals surface area contributed by atoms with Crippen molar-refractivity contribution >= 4 is 0 Å². The Hall–Kier alpha value is -1.96. The van der Waals surface area contributed by atoms with Gasteiger partial charge in [-0.3, -0.25) is 0 Å². The first-order valence-electron chi connectivity index (χ1n) is 6.29. The Kier molecular flexibility index (Phi) is 3.56. The van der Waals surface area contributed by atoms with Crippen molar-refractivity contribution in [3.05, 3.63) is 47.5 Å². The number of hydrogen-bond donors (Lipinski definition) is 2. The molecule has 0 unspecified atom stereocenters. The van der Waals surface area contributed by atoms with Crippen molar-refractivity contribution in [1.29, 1.82) is 0 Å². The lowest BCUT2D eigenvalue weighted by atomic mass is 9.99. The predicted molar refractivity (Wildman–Crippen MR) is 74.0 cm³/mol. The summed E-state index contributed by atoms with van der Waals surface area (Å²) in [4.78, 5) is 0. The summed E-state index contributed by atoms with van der Waals surface area (Å²) in [5.41, 5.74) is 3.71. The van der Waals surface area contributed by atoms with E-state index in [9.17, 15) is 10.2 Å². The molecule has 0 saturated heterocycles. The highest BCUT2D eigenvalue weighted by Crippen LogP contribution is 2.34. The summed E-state index contributed by atoms with van der Waals surface area (Å²) in [5.74, 6) is 0.323. The van der Waals surface area contributed by atoms with Crippen LogP contribution in [0.2, 0.25) is 0 Å². The number of aromatic hydroxyl groups is 2. The van der Waals surface area contributed by atoms with Crippen LogP contribution < -0.4 is 0 Å². The minimum atomic E-state index is 0.161. The first-order valence-corrected chi connectivity index (χ1v) is 6.29. The van der Waals surface area contributed by atoms with E-state index in [1.54, 1.807) is 12.1 Å². The monoisotopic (exact) mass is 242 g/mol. The first kappa shape index (κ1) is 12.5. The Bertz CT molecular complexity index is 536. The van der Waals surface area contributed by atoms with Gasteiger partial charge in [0.2, 0.25) is 0 Å². The molecule has 2 nitrogen and oxygen atoms in total. The second-order valence-electron chi connectivity index (χ2n) is 4.40. The molecule has 0 bridgehead atoms. The Balaban J connectivity index is 2.51. The standard InChI is InChI=1S/C16H18O2/c1-3-11-6-5-7-12(8-11)13-9-15(17)14(4-2)16(18)10-13/h5-10,17-18H,3-4H2,1-2H3. The number of rotatable bonds is 3. The zero-order valence-corrected chi connectivity index (χ0v) is 10.8. The minimum absolute atomic E-state index is 0.161. The van der Waals surface area contributed by atoms with Crippen LogP contribution in [0.25, 0.3) is 11.1 Å². The fourth-order valence-corrected chi connectivity index (χ4v) is 2.14. The van der Waals surface area contributed by atoms with Gasteiger partial charge in [-0.25, -0.2) is 0 Å². The molecule has 0 spiro atoms. The van der Waals surface area contributed by atoms with Crippen LogP contribution in [0.5, 0.6) is 11.5 Å². The number of phenolic OH excluding ortho intramolecular Hbond substituents is 2. The maximum absolute atomic E-state index is 9.90. The molecule has 94 valence electrons. The molecular weight excluding hydrogens is 224 g/mol. The lowest BCUT2D eigenvalue weighted by Crippen LogP contribution is -1.87. The highest BCUT2D eigenvalue weighted by Gasteiger charge is 2.09. The van der Waals surface area contributed by atoms with E-state index in [1.807, 2.05) is 19.1 Å². The molecule has 0 saturated carbocycles. The molecule has 0 fully saturated rings. The van der Waals surface area contributed by atoms with Gasteiger partial charge >= 0.3 is 0 Å². The second-order valence-corrected chi connectivity index (χ2v) is 4.40. The Morgan fingerprint density at radius 3 is 2.06 bits per heavy atom. The normalized spacial score (nSPS) is 10.6. The second kappa shape index (κ2) is 5.13. The van der Waals surface area contributed by atoms with Gasteiger partial charge in [0, 0.05) is 5.56 Å². The predicted octanol–water partition coefficient (Wildman–Crippen LogP) is 3.89. The summed E-state index contributed by atoms with van der Waals surface area (Å²) in [5, 5.41) is 19.8. The molecule has 2 aromatic rings.